The van der Waals surface area contributed by atoms with Gasteiger partial charge in [-0.25, -0.2) is 0 Å². The van der Waals surface area contributed by atoms with E-state index in [-0.39, 0.29) is 11.3 Å². The van der Waals surface area contributed by atoms with Crippen LogP contribution in [0.3, 0.4) is 0 Å². The molecule has 0 unspecified atom stereocenters. The van der Waals surface area contributed by atoms with Crippen molar-refractivity contribution in [2.45, 2.75) is 11.9 Å². The summed E-state index contributed by atoms with van der Waals surface area (Å²) < 4.78 is 0. The minimum absolute atomic E-state index is 0.0360. The average molecular weight is 270 g/mol. The number of carbonyl (C=O) groups is 1. The molecule has 1 aliphatic heterocycles. The Labute approximate surface area is 116 Å². The van der Waals surface area contributed by atoms with Crippen LogP contribution >= 0.6 is 11.8 Å². The average Bonchev–Trinajstić information content (AvgIpc) is 2.82. The number of hydrogen-bond acceptors (Lipinski definition) is 3. The fourth-order valence-electron chi connectivity index (χ4n) is 2.17. The lowest BCUT2D eigenvalue weighted by Gasteiger charge is -2.23. The number of rotatable bonds is 3. The molecule has 0 saturated carbocycles. The third kappa shape index (κ3) is 2.63. The highest BCUT2D eigenvalue weighted by atomic mass is 32.2. The van der Waals surface area contributed by atoms with Crippen LogP contribution in [0.15, 0.2) is 54.7 Å². The van der Waals surface area contributed by atoms with Crippen LogP contribution in [-0.2, 0) is 11.3 Å². The van der Waals surface area contributed by atoms with E-state index in [0.29, 0.717) is 12.3 Å². The van der Waals surface area contributed by atoms with E-state index in [1.807, 2.05) is 53.4 Å². The second kappa shape index (κ2) is 5.45. The van der Waals surface area contributed by atoms with Gasteiger partial charge in [0.25, 0.3) is 0 Å². The number of thioether (sulfide) groups is 1. The minimum Gasteiger partial charge on any atom is -0.320 e. The first kappa shape index (κ1) is 12.2. The van der Waals surface area contributed by atoms with Crippen LogP contribution in [0.2, 0.25) is 0 Å². The Morgan fingerprint density at radius 2 is 1.95 bits per heavy atom. The number of aromatic nitrogens is 1. The summed E-state index contributed by atoms with van der Waals surface area (Å²) in [4.78, 5) is 18.3. The predicted octanol–water partition coefficient (Wildman–Crippen LogP) is 2.86. The molecule has 3 nitrogen and oxygen atoms in total. The van der Waals surface area contributed by atoms with E-state index in [9.17, 15) is 4.79 Å². The lowest BCUT2D eigenvalue weighted by Crippen LogP contribution is -2.28. The first-order chi connectivity index (χ1) is 9.34. The van der Waals surface area contributed by atoms with Crippen LogP contribution in [0.1, 0.15) is 16.6 Å². The summed E-state index contributed by atoms with van der Waals surface area (Å²) in [6.45, 7) is 0.647. The zero-order chi connectivity index (χ0) is 13.1. The molecule has 1 amide bonds. The van der Waals surface area contributed by atoms with Crippen molar-refractivity contribution in [3.63, 3.8) is 0 Å². The highest BCUT2D eigenvalue weighted by Gasteiger charge is 2.33. The first-order valence-electron chi connectivity index (χ1n) is 6.20. The van der Waals surface area contributed by atoms with Crippen LogP contribution in [0, 0.1) is 0 Å². The molecule has 2 aromatic rings. The summed E-state index contributed by atoms with van der Waals surface area (Å²) in [5, 5.41) is 0.0360. The second-order valence-electron chi connectivity index (χ2n) is 4.43. The molecule has 1 aromatic heterocycles. The van der Waals surface area contributed by atoms with Gasteiger partial charge in [0, 0.05) is 12.7 Å². The van der Waals surface area contributed by atoms with E-state index < -0.39 is 0 Å². The first-order valence-corrected chi connectivity index (χ1v) is 7.25. The van der Waals surface area contributed by atoms with E-state index in [1.165, 1.54) is 0 Å². The number of carbonyl (C=O) groups excluding carboxylic acids is 1. The summed E-state index contributed by atoms with van der Waals surface area (Å²) in [5.74, 6) is 0.721. The van der Waals surface area contributed by atoms with Crippen LogP contribution < -0.4 is 0 Å². The second-order valence-corrected chi connectivity index (χ2v) is 5.49. The van der Waals surface area contributed by atoms with E-state index >= 15 is 0 Å². The number of hydrogen-bond donors (Lipinski definition) is 0. The highest BCUT2D eigenvalue weighted by molar-refractivity contribution is 8.00. The Hall–Kier alpha value is -1.81. The van der Waals surface area contributed by atoms with Gasteiger partial charge in [0.2, 0.25) is 5.91 Å². The maximum atomic E-state index is 12.0. The van der Waals surface area contributed by atoms with E-state index in [2.05, 4.69) is 4.98 Å². The molecule has 0 radical (unpaired) electrons. The molecule has 2 heterocycles. The third-order valence-corrected chi connectivity index (χ3v) is 4.33. The van der Waals surface area contributed by atoms with Gasteiger partial charge in [0.05, 0.1) is 11.4 Å². The van der Waals surface area contributed by atoms with E-state index in [1.54, 1.807) is 18.0 Å². The predicted molar refractivity (Wildman–Crippen MR) is 76.4 cm³/mol. The van der Waals surface area contributed by atoms with E-state index in [0.717, 1.165) is 11.3 Å². The molecule has 96 valence electrons. The van der Waals surface area contributed by atoms with Gasteiger partial charge < -0.3 is 4.90 Å². The zero-order valence-corrected chi connectivity index (χ0v) is 11.2. The summed E-state index contributed by atoms with van der Waals surface area (Å²) in [6, 6.07) is 15.9. The quantitative estimate of drug-likeness (QED) is 0.860. The largest absolute Gasteiger partial charge is 0.320 e. The molecule has 0 aliphatic carbocycles. The Bertz CT molecular complexity index is 559. The SMILES string of the molecule is O=C1CS[C@@H](c2ccccn2)N1Cc1ccccc1. The summed E-state index contributed by atoms with van der Waals surface area (Å²) >= 11 is 1.64. The van der Waals surface area contributed by atoms with Crippen LogP contribution in [0.25, 0.3) is 0 Å². The van der Waals surface area contributed by atoms with Crippen molar-refractivity contribution in [1.82, 2.24) is 9.88 Å². The van der Waals surface area contributed by atoms with Crippen molar-refractivity contribution in [2.24, 2.45) is 0 Å². The van der Waals surface area contributed by atoms with Crippen molar-refractivity contribution < 1.29 is 4.79 Å². The van der Waals surface area contributed by atoms with Gasteiger partial charge >= 0.3 is 0 Å². The van der Waals surface area contributed by atoms with Crippen molar-refractivity contribution >= 4 is 17.7 Å². The Morgan fingerprint density at radius 3 is 2.68 bits per heavy atom. The molecule has 19 heavy (non-hydrogen) atoms. The molecular weight excluding hydrogens is 256 g/mol. The zero-order valence-electron chi connectivity index (χ0n) is 10.4. The molecule has 3 rings (SSSR count). The number of nitrogens with zero attached hydrogens (tertiary/aromatic N) is 2. The summed E-state index contributed by atoms with van der Waals surface area (Å²) in [7, 11) is 0. The van der Waals surface area contributed by atoms with Gasteiger partial charge in [-0.05, 0) is 17.7 Å². The molecule has 1 fully saturated rings. The topological polar surface area (TPSA) is 33.2 Å². The lowest BCUT2D eigenvalue weighted by atomic mass is 10.2. The van der Waals surface area contributed by atoms with Crippen molar-refractivity contribution in [1.29, 1.82) is 0 Å². The molecule has 1 atom stereocenters. The molecule has 1 aromatic carbocycles. The van der Waals surface area contributed by atoms with E-state index in [4.69, 9.17) is 0 Å². The number of amides is 1. The third-order valence-electron chi connectivity index (χ3n) is 3.10. The van der Waals surface area contributed by atoms with Crippen LogP contribution in [0.4, 0.5) is 0 Å². The monoisotopic (exact) mass is 270 g/mol. The van der Waals surface area contributed by atoms with Gasteiger partial charge in [-0.1, -0.05) is 36.4 Å². The standard InChI is InChI=1S/C15H14N2OS/c18-14-11-19-15(13-8-4-5-9-16-13)17(14)10-12-6-2-1-3-7-12/h1-9,15H,10-11H2/t15-/m0/s1. The number of pyridine rings is 1. The minimum atomic E-state index is 0.0360. The Balaban J connectivity index is 1.83. The van der Waals surface area contributed by atoms with Gasteiger partial charge in [-0.3, -0.25) is 9.78 Å². The van der Waals surface area contributed by atoms with Crippen molar-refractivity contribution in [3.8, 4) is 0 Å². The smallest absolute Gasteiger partial charge is 0.234 e. The van der Waals surface area contributed by atoms with Crippen LogP contribution in [-0.4, -0.2) is 21.5 Å². The molecule has 1 aliphatic rings. The van der Waals surface area contributed by atoms with Gasteiger partial charge in [-0.2, -0.15) is 0 Å². The lowest BCUT2D eigenvalue weighted by molar-refractivity contribution is -0.128. The molecule has 0 N–H and O–H groups in total. The van der Waals surface area contributed by atoms with Gasteiger partial charge in [0.1, 0.15) is 5.37 Å². The van der Waals surface area contributed by atoms with Gasteiger partial charge in [-0.15, -0.1) is 11.8 Å². The fraction of sp³-hybridized carbons (Fsp3) is 0.200. The molecule has 0 bridgehead atoms. The maximum Gasteiger partial charge on any atom is 0.234 e. The molecule has 4 heteroatoms. The van der Waals surface area contributed by atoms with Gasteiger partial charge in [0.15, 0.2) is 0 Å². The van der Waals surface area contributed by atoms with Crippen molar-refractivity contribution in [3.05, 3.63) is 66.0 Å². The fourth-order valence-corrected chi connectivity index (χ4v) is 3.32. The molecular formula is C15H14N2OS. The number of benzene rings is 1. The summed E-state index contributed by atoms with van der Waals surface area (Å²) in [6.07, 6.45) is 1.78. The summed E-state index contributed by atoms with van der Waals surface area (Å²) in [5.41, 5.74) is 2.11. The van der Waals surface area contributed by atoms with Crippen molar-refractivity contribution in [2.75, 3.05) is 5.75 Å². The Morgan fingerprint density at radius 1 is 1.16 bits per heavy atom. The Kier molecular flexibility index (Phi) is 3.51. The highest BCUT2D eigenvalue weighted by Crippen LogP contribution is 2.38. The molecule has 1 saturated heterocycles. The van der Waals surface area contributed by atoms with Crippen LogP contribution in [0.5, 0.6) is 0 Å². The molecule has 0 spiro atoms. The maximum absolute atomic E-state index is 12.0. The normalized spacial score (nSPS) is 18.8.